The zero-order valence-corrected chi connectivity index (χ0v) is 25.9. The van der Waals surface area contributed by atoms with Crippen molar-refractivity contribution in [1.29, 1.82) is 5.26 Å². The summed E-state index contributed by atoms with van der Waals surface area (Å²) in [7, 11) is 3.41. The minimum atomic E-state index is -0.492. The van der Waals surface area contributed by atoms with Crippen LogP contribution in [0, 0.1) is 23.2 Å². The number of fused-ring (bicyclic) bond motifs is 2. The molecule has 6 rings (SSSR count). The molecule has 1 fully saturated rings. The lowest BCUT2D eigenvalue weighted by Crippen LogP contribution is -2.51. The number of piperazine rings is 1. The predicted molar refractivity (Wildman–Crippen MR) is 170 cm³/mol. The predicted octanol–water partition coefficient (Wildman–Crippen LogP) is 4.01. The van der Waals surface area contributed by atoms with E-state index in [9.17, 15) is 9.59 Å². The number of nitrogens with one attached hydrogen (secondary N) is 1. The van der Waals surface area contributed by atoms with Crippen LogP contribution in [-0.2, 0) is 16.6 Å². The first-order chi connectivity index (χ1) is 21.9. The van der Waals surface area contributed by atoms with Gasteiger partial charge < -0.3 is 19.5 Å². The third-order valence-electron chi connectivity index (χ3n) is 8.77. The Balaban J connectivity index is 1.34. The van der Waals surface area contributed by atoms with Crippen molar-refractivity contribution < 1.29 is 14.3 Å². The van der Waals surface area contributed by atoms with Crippen molar-refractivity contribution in [3.8, 4) is 6.07 Å². The molecule has 0 spiro atoms. The van der Waals surface area contributed by atoms with E-state index in [1.54, 1.807) is 36.8 Å². The van der Waals surface area contributed by atoms with E-state index in [1.165, 1.54) is 7.11 Å². The number of pyridine rings is 1. The zero-order chi connectivity index (χ0) is 31.5. The smallest absolute Gasteiger partial charge is 0.253 e. The molecule has 1 N–H and O–H groups in total. The van der Waals surface area contributed by atoms with Crippen molar-refractivity contribution in [3.63, 3.8) is 0 Å². The molecule has 230 valence electrons. The van der Waals surface area contributed by atoms with Crippen LogP contribution in [0.25, 0.3) is 6.08 Å². The largest absolute Gasteiger partial charge is 0.375 e. The number of benzene rings is 1. The topological polar surface area (TPSA) is 116 Å². The van der Waals surface area contributed by atoms with Gasteiger partial charge in [-0.3, -0.25) is 19.5 Å². The Morgan fingerprint density at radius 2 is 1.96 bits per heavy atom. The third kappa shape index (κ3) is 6.20. The zero-order valence-electron chi connectivity index (χ0n) is 25.1. The lowest BCUT2D eigenvalue weighted by atomic mass is 9.75. The third-order valence-corrected chi connectivity index (χ3v) is 9.03. The van der Waals surface area contributed by atoms with Gasteiger partial charge in [-0.05, 0) is 47.5 Å². The molecule has 0 bridgehead atoms. The molecule has 3 heterocycles. The number of aryl methyl sites for hydroxylation is 1. The van der Waals surface area contributed by atoms with E-state index in [1.807, 2.05) is 34.9 Å². The molecule has 2 aliphatic carbocycles. The highest BCUT2D eigenvalue weighted by Gasteiger charge is 2.43. The van der Waals surface area contributed by atoms with Gasteiger partial charge in [0.1, 0.15) is 6.61 Å². The molecule has 3 aliphatic rings. The first-order valence-electron chi connectivity index (χ1n) is 14.9. The number of methoxy groups -OCH3 is 1. The summed E-state index contributed by atoms with van der Waals surface area (Å²) in [6, 6.07) is 12.3. The highest BCUT2D eigenvalue weighted by atomic mass is 35.5. The van der Waals surface area contributed by atoms with Crippen molar-refractivity contribution in [2.24, 2.45) is 18.9 Å². The molecule has 10 nitrogen and oxygen atoms in total. The molecule has 1 saturated heterocycles. The number of nitriles is 1. The van der Waals surface area contributed by atoms with Gasteiger partial charge in [0.2, 0.25) is 5.91 Å². The van der Waals surface area contributed by atoms with Gasteiger partial charge in [0.25, 0.3) is 5.91 Å². The van der Waals surface area contributed by atoms with Gasteiger partial charge in [-0.25, -0.2) is 4.98 Å². The maximum absolute atomic E-state index is 13.3. The summed E-state index contributed by atoms with van der Waals surface area (Å²) >= 11 is 6.68. The molecule has 2 amide bonds. The Kier molecular flexibility index (Phi) is 8.94. The fourth-order valence-corrected chi connectivity index (χ4v) is 6.82. The summed E-state index contributed by atoms with van der Waals surface area (Å²) in [6.45, 7) is 2.35. The van der Waals surface area contributed by atoms with Crippen LogP contribution < -0.4 is 5.32 Å². The molecule has 45 heavy (non-hydrogen) atoms. The lowest BCUT2D eigenvalue weighted by Gasteiger charge is -2.43. The number of ether oxygens (including phenoxy) is 1. The number of imidazole rings is 1. The Labute approximate surface area is 267 Å². The molecule has 4 atom stereocenters. The van der Waals surface area contributed by atoms with Gasteiger partial charge in [0.05, 0.1) is 47.6 Å². The molecule has 0 radical (unpaired) electrons. The van der Waals surface area contributed by atoms with Crippen LogP contribution in [0.3, 0.4) is 0 Å². The quantitative estimate of drug-likeness (QED) is 0.423. The number of halogens is 1. The van der Waals surface area contributed by atoms with Crippen LogP contribution in [0.5, 0.6) is 0 Å². The number of hydrogen-bond acceptors (Lipinski definition) is 7. The van der Waals surface area contributed by atoms with E-state index in [0.717, 1.165) is 22.5 Å². The van der Waals surface area contributed by atoms with E-state index < -0.39 is 6.04 Å². The van der Waals surface area contributed by atoms with Gasteiger partial charge in [0, 0.05) is 69.0 Å². The van der Waals surface area contributed by atoms with Crippen molar-refractivity contribution >= 4 is 29.5 Å². The van der Waals surface area contributed by atoms with Crippen LogP contribution >= 0.6 is 11.6 Å². The highest BCUT2D eigenvalue weighted by molar-refractivity contribution is 6.31. The Bertz CT molecular complexity index is 1710. The second-order valence-electron chi connectivity index (χ2n) is 11.5. The molecule has 2 aromatic heterocycles. The minimum Gasteiger partial charge on any atom is -0.375 e. The summed E-state index contributed by atoms with van der Waals surface area (Å²) < 4.78 is 7.06. The monoisotopic (exact) mass is 623 g/mol. The second kappa shape index (κ2) is 13.2. The number of amides is 2. The molecule has 1 aliphatic heterocycles. The van der Waals surface area contributed by atoms with Crippen LogP contribution in [0.15, 0.2) is 84.0 Å². The number of carbonyl (C=O) groups excluding carboxylic acids is 2. The van der Waals surface area contributed by atoms with Crippen molar-refractivity contribution in [1.82, 2.24) is 29.7 Å². The standard InChI is InChI=1S/C34H34ClN7O3/c1-40-21-37-19-29(40)32(39-30(43)20-45-2)28-16-24-4-3-11-38-31(24)33(26-10-9-25(35)17-27(26)28)41-12-14-42(15-13-41)34(44)23-7-5-22(18-36)6-8-23/h3-11,16-17,19,21,26-27,32-33H,12-15,20H2,1-2H3,(H,39,43)/t26?,27?,32-,33+/m1/s1. The highest BCUT2D eigenvalue weighted by Crippen LogP contribution is 2.48. The summed E-state index contributed by atoms with van der Waals surface area (Å²) in [5, 5.41) is 12.9. The van der Waals surface area contributed by atoms with Gasteiger partial charge in [0.15, 0.2) is 0 Å². The molecule has 3 aromatic rings. The molecule has 11 heteroatoms. The van der Waals surface area contributed by atoms with Crippen LogP contribution in [0.1, 0.15) is 45.0 Å². The first kappa shape index (κ1) is 30.5. The number of aromatic nitrogens is 3. The van der Waals surface area contributed by atoms with Crippen LogP contribution in [-0.4, -0.2) is 76.0 Å². The van der Waals surface area contributed by atoms with Gasteiger partial charge >= 0.3 is 0 Å². The number of nitrogens with zero attached hydrogens (tertiary/aromatic N) is 6. The average molecular weight is 624 g/mol. The molecule has 2 unspecified atom stereocenters. The maximum atomic E-state index is 13.3. The van der Waals surface area contributed by atoms with Crippen LogP contribution in [0.4, 0.5) is 0 Å². The van der Waals surface area contributed by atoms with E-state index >= 15 is 0 Å². The summed E-state index contributed by atoms with van der Waals surface area (Å²) in [4.78, 5) is 39.8. The number of hydrogen-bond donors (Lipinski definition) is 1. The average Bonchev–Trinajstić information content (AvgIpc) is 3.43. The Morgan fingerprint density at radius 1 is 1.18 bits per heavy atom. The Hall–Kier alpha value is -4.56. The van der Waals surface area contributed by atoms with Gasteiger partial charge in [-0.2, -0.15) is 5.26 Å². The minimum absolute atomic E-state index is 0.0431. The lowest BCUT2D eigenvalue weighted by molar-refractivity contribution is -0.125. The number of carbonyl (C=O) groups is 2. The SMILES string of the molecule is COCC(=O)N[C@H](C1=Cc2cccnc2[C@@H](N2CCN(C(=O)c3ccc(C#N)cc3)CC2)C2C=CC(Cl)=CC12)c1cncn1C. The fraction of sp³-hybridized carbons (Fsp3) is 0.324. The summed E-state index contributed by atoms with van der Waals surface area (Å²) in [5.41, 5.74) is 4.82. The molecule has 1 aromatic carbocycles. The first-order valence-corrected chi connectivity index (χ1v) is 15.3. The van der Waals surface area contributed by atoms with E-state index in [4.69, 9.17) is 26.6 Å². The number of rotatable bonds is 7. The summed E-state index contributed by atoms with van der Waals surface area (Å²) in [5.74, 6) is -0.496. The van der Waals surface area contributed by atoms with Gasteiger partial charge in [-0.1, -0.05) is 35.9 Å². The van der Waals surface area contributed by atoms with Crippen molar-refractivity contribution in [2.45, 2.75) is 12.1 Å². The van der Waals surface area contributed by atoms with E-state index in [-0.39, 0.29) is 36.3 Å². The normalized spacial score (nSPS) is 21.8. The number of allylic oxidation sites excluding steroid dienone is 3. The van der Waals surface area contributed by atoms with E-state index in [2.05, 4.69) is 45.6 Å². The van der Waals surface area contributed by atoms with Gasteiger partial charge in [-0.15, -0.1) is 0 Å². The van der Waals surface area contributed by atoms with Crippen LogP contribution in [0.2, 0.25) is 0 Å². The molecular formula is C34H34ClN7O3. The van der Waals surface area contributed by atoms with E-state index in [0.29, 0.717) is 42.3 Å². The molecular weight excluding hydrogens is 590 g/mol. The molecule has 0 saturated carbocycles. The Morgan fingerprint density at radius 3 is 2.64 bits per heavy atom. The van der Waals surface area contributed by atoms with Crippen molar-refractivity contribution in [2.75, 3.05) is 39.9 Å². The fourth-order valence-electron chi connectivity index (χ4n) is 6.61. The maximum Gasteiger partial charge on any atom is 0.253 e. The summed E-state index contributed by atoms with van der Waals surface area (Å²) in [6.07, 6.45) is 13.6. The van der Waals surface area contributed by atoms with Crippen molar-refractivity contribution in [3.05, 3.63) is 112 Å². The second-order valence-corrected chi connectivity index (χ2v) is 11.9.